The topological polar surface area (TPSA) is 0 Å². The Kier molecular flexibility index (Phi) is 9.62. The van der Waals surface area contributed by atoms with Crippen LogP contribution in [0.2, 0.25) is 0 Å². The van der Waals surface area contributed by atoms with Gasteiger partial charge in [0.15, 0.2) is 0 Å². The van der Waals surface area contributed by atoms with E-state index < -0.39 is 15.8 Å². The van der Waals surface area contributed by atoms with Gasteiger partial charge in [-0.2, -0.15) is 0 Å². The molecule has 35 heavy (non-hydrogen) atoms. The number of hydrogen-bond donors (Lipinski definition) is 0. The van der Waals surface area contributed by atoms with Crippen LogP contribution in [0.15, 0.2) is 144 Å². The van der Waals surface area contributed by atoms with Gasteiger partial charge in [0.1, 0.15) is 0 Å². The Balaban J connectivity index is 0.00000289. The van der Waals surface area contributed by atoms with Gasteiger partial charge in [0.2, 0.25) is 0 Å². The Morgan fingerprint density at radius 1 is 0.600 bits per heavy atom. The molecular weight excluding hydrogens is 521 g/mol. The van der Waals surface area contributed by atoms with E-state index in [1.165, 1.54) is 26.8 Å². The van der Waals surface area contributed by atoms with Crippen LogP contribution in [0.4, 0.5) is 0 Å². The van der Waals surface area contributed by atoms with Crippen molar-refractivity contribution in [3.63, 3.8) is 0 Å². The molecular formula is C31H27ClP2V. The van der Waals surface area contributed by atoms with E-state index in [1.54, 1.807) is 0 Å². The van der Waals surface area contributed by atoms with Crippen LogP contribution in [0, 0.1) is 0 Å². The first kappa shape index (κ1) is 26.2. The Hall–Kier alpha value is -1.91. The fourth-order valence-electron chi connectivity index (χ4n) is 4.57. The van der Waals surface area contributed by atoms with Gasteiger partial charge in [-0.1, -0.05) is 139 Å². The molecule has 0 bridgehead atoms. The summed E-state index contributed by atoms with van der Waals surface area (Å²) in [6.07, 6.45) is 6.34. The molecule has 0 aliphatic heterocycles. The second kappa shape index (κ2) is 12.9. The number of benzene rings is 4. The smallest absolute Gasteiger partial charge is 0.0404 e. The van der Waals surface area contributed by atoms with Gasteiger partial charge in [0.25, 0.3) is 0 Å². The van der Waals surface area contributed by atoms with Crippen molar-refractivity contribution in [2.24, 2.45) is 0 Å². The van der Waals surface area contributed by atoms with Crippen molar-refractivity contribution >= 4 is 48.7 Å². The van der Waals surface area contributed by atoms with Crippen molar-refractivity contribution in [2.75, 3.05) is 6.16 Å². The second-order valence-electron chi connectivity index (χ2n) is 8.32. The zero-order chi connectivity index (χ0) is 23.2. The summed E-state index contributed by atoms with van der Waals surface area (Å²) in [7, 11) is -1.17. The van der Waals surface area contributed by atoms with E-state index in [0.717, 1.165) is 17.6 Å². The Bertz CT molecular complexity index is 1180. The molecule has 4 aromatic carbocycles. The third-order valence-corrected chi connectivity index (χ3v) is 12.2. The van der Waals surface area contributed by atoms with Crippen molar-refractivity contribution in [1.29, 1.82) is 0 Å². The molecule has 1 aliphatic carbocycles. The fourth-order valence-corrected chi connectivity index (χ4v) is 11.0. The molecule has 0 amide bonds. The monoisotopic (exact) mass is 547 g/mol. The molecule has 4 heteroatoms. The van der Waals surface area contributed by atoms with E-state index in [-0.39, 0.29) is 18.6 Å². The molecule has 4 aromatic rings. The molecule has 5 rings (SSSR count). The Labute approximate surface area is 228 Å². The molecule has 0 aromatic heterocycles. The van der Waals surface area contributed by atoms with Gasteiger partial charge < -0.3 is 0 Å². The first-order valence-electron chi connectivity index (χ1n) is 11.6. The van der Waals surface area contributed by atoms with Gasteiger partial charge in [-0.25, -0.2) is 0 Å². The fraction of sp³-hybridized carbons (Fsp3) is 0.0968. The van der Waals surface area contributed by atoms with Crippen LogP contribution in [-0.2, 0) is 18.6 Å². The standard InChI is InChI=1S/C31H27ClP2.V/c32-30-23-13-22-29(30)31(34(27-18-9-3-10-19-27)28-20-11-4-12-21-28)24-33(25-14-5-1-6-15-25)26-16-7-2-8-17-26;/h1-21,23,31H,22,24H2;. The molecule has 1 aliphatic rings. The molecule has 1 unspecified atom stereocenters. The van der Waals surface area contributed by atoms with E-state index in [4.69, 9.17) is 11.6 Å². The second-order valence-corrected chi connectivity index (χ2v) is 13.4. The van der Waals surface area contributed by atoms with Gasteiger partial charge in [0, 0.05) is 29.2 Å². The van der Waals surface area contributed by atoms with Gasteiger partial charge in [-0.05, 0) is 61.3 Å². The third kappa shape index (κ3) is 6.27. The van der Waals surface area contributed by atoms with E-state index in [0.29, 0.717) is 5.66 Å². The average Bonchev–Trinajstić information content (AvgIpc) is 3.34. The minimum absolute atomic E-state index is 0. The van der Waals surface area contributed by atoms with Gasteiger partial charge >= 0.3 is 0 Å². The maximum absolute atomic E-state index is 6.88. The van der Waals surface area contributed by atoms with Crippen molar-refractivity contribution in [1.82, 2.24) is 0 Å². The summed E-state index contributed by atoms with van der Waals surface area (Å²) in [6, 6.07) is 44.2. The third-order valence-electron chi connectivity index (χ3n) is 6.18. The SMILES string of the molecule is ClC1=C(C(CP(c2ccccc2)c2ccccc2)P(c2ccccc2)c2ccccc2)CC=C1.[V]. The summed E-state index contributed by atoms with van der Waals surface area (Å²) in [5.41, 5.74) is 1.74. The zero-order valence-electron chi connectivity index (χ0n) is 19.4. The predicted molar refractivity (Wildman–Crippen MR) is 153 cm³/mol. The summed E-state index contributed by atoms with van der Waals surface area (Å²) in [4.78, 5) is 0. The van der Waals surface area contributed by atoms with Gasteiger partial charge in [0.05, 0.1) is 0 Å². The maximum atomic E-state index is 6.88. The Morgan fingerprint density at radius 3 is 1.37 bits per heavy atom. The number of rotatable bonds is 8. The molecule has 0 fully saturated rings. The number of halogens is 1. The van der Waals surface area contributed by atoms with Crippen molar-refractivity contribution in [3.05, 3.63) is 144 Å². The van der Waals surface area contributed by atoms with Crippen LogP contribution in [-0.4, -0.2) is 11.8 Å². The van der Waals surface area contributed by atoms with Crippen molar-refractivity contribution in [3.8, 4) is 0 Å². The molecule has 0 spiro atoms. The van der Waals surface area contributed by atoms with Gasteiger partial charge in [-0.3, -0.25) is 0 Å². The van der Waals surface area contributed by atoms with Crippen molar-refractivity contribution in [2.45, 2.75) is 12.1 Å². The van der Waals surface area contributed by atoms with Crippen LogP contribution in [0.1, 0.15) is 6.42 Å². The molecule has 0 saturated carbocycles. The van der Waals surface area contributed by atoms with Crippen LogP contribution in [0.25, 0.3) is 0 Å². The predicted octanol–water partition coefficient (Wildman–Crippen LogP) is 7.07. The minimum atomic E-state index is -0.631. The summed E-state index contributed by atoms with van der Waals surface area (Å²) in [5, 5.41) is 6.60. The first-order valence-corrected chi connectivity index (χ1v) is 14.9. The summed E-state index contributed by atoms with van der Waals surface area (Å²) in [6.45, 7) is 0. The molecule has 1 atom stereocenters. The minimum Gasteiger partial charge on any atom is -0.0844 e. The molecule has 0 saturated heterocycles. The molecule has 173 valence electrons. The molecule has 0 heterocycles. The average molecular weight is 548 g/mol. The molecule has 0 nitrogen and oxygen atoms in total. The molecule has 1 radical (unpaired) electrons. The molecule has 0 N–H and O–H groups in total. The summed E-state index contributed by atoms with van der Waals surface area (Å²) in [5.74, 6) is 0. The largest absolute Gasteiger partial charge is 0.0844 e. The van der Waals surface area contributed by atoms with Crippen LogP contribution < -0.4 is 21.2 Å². The van der Waals surface area contributed by atoms with E-state index in [9.17, 15) is 0 Å². The summed E-state index contributed by atoms with van der Waals surface area (Å²) >= 11 is 6.88. The summed E-state index contributed by atoms with van der Waals surface area (Å²) < 4.78 is 0. The number of allylic oxidation sites excluding steroid dienone is 4. The van der Waals surface area contributed by atoms with Crippen LogP contribution >= 0.6 is 27.4 Å². The Morgan fingerprint density at radius 2 is 1.00 bits per heavy atom. The van der Waals surface area contributed by atoms with E-state index >= 15 is 0 Å². The van der Waals surface area contributed by atoms with Crippen molar-refractivity contribution < 1.29 is 18.6 Å². The first-order chi connectivity index (χ1) is 16.8. The zero-order valence-corrected chi connectivity index (χ0v) is 23.4. The van der Waals surface area contributed by atoms with E-state index in [1.807, 2.05) is 0 Å². The van der Waals surface area contributed by atoms with Crippen LogP contribution in [0.5, 0.6) is 0 Å². The quantitative estimate of drug-likeness (QED) is 0.207. The normalized spacial score (nSPS) is 13.8. The number of hydrogen-bond acceptors (Lipinski definition) is 0. The van der Waals surface area contributed by atoms with Gasteiger partial charge in [-0.15, -0.1) is 0 Å². The van der Waals surface area contributed by atoms with E-state index in [2.05, 4.69) is 133 Å². The van der Waals surface area contributed by atoms with Crippen LogP contribution in [0.3, 0.4) is 0 Å². The maximum Gasteiger partial charge on any atom is 0.0404 e.